The summed E-state index contributed by atoms with van der Waals surface area (Å²) in [5.41, 5.74) is 9.63. The van der Waals surface area contributed by atoms with Crippen LogP contribution in [0.4, 0.5) is 0 Å². The van der Waals surface area contributed by atoms with Crippen LogP contribution in [0, 0.1) is 59.2 Å². The molecule has 0 radical (unpaired) electrons. The average Bonchev–Trinajstić information content (AvgIpc) is 1.63. The van der Waals surface area contributed by atoms with Gasteiger partial charge in [-0.3, -0.25) is 33.6 Å². The number of esters is 2. The molecule has 18 heteroatoms. The second-order valence-electron chi connectivity index (χ2n) is 35.5. The van der Waals surface area contributed by atoms with Crippen molar-refractivity contribution in [2.24, 2.45) is 64.9 Å². The molecule has 9 fully saturated rings. The molecule has 0 spiro atoms. The van der Waals surface area contributed by atoms with E-state index in [1.165, 1.54) is 146 Å². The zero-order chi connectivity index (χ0) is 77.8. The Morgan fingerprint density at radius 2 is 0.815 bits per heavy atom. The highest BCUT2D eigenvalue weighted by Gasteiger charge is 2.46. The first-order valence-corrected chi connectivity index (χ1v) is 42.5. The van der Waals surface area contributed by atoms with Gasteiger partial charge in [0.05, 0.1) is 36.8 Å². The molecule has 4 aliphatic carbocycles. The SMILES string of the molecule is CC(C)(C)OC(=O)C[C@H](C(=O)O)C1CCCCC1.CN[C@@H](C)C(=O)C[C@H](C(=O)N1CC[C@H]2CCN(CCc3ccccc3)C[C@H]21)C1CCCCC1.C[C@H](CC(=O)OC(C)(C)C)C(=O)O.N[C@H](C(=O)N1CC[C@H]2CCN(CCc3ccccc3)C[C@H]21)C1CCCCC1.c1ccc(CCN2CC[C@@H]3CCC[C@@H]3C2)cc1. The summed E-state index contributed by atoms with van der Waals surface area (Å²) in [6.45, 7) is 26.2. The number of ketones is 1. The molecule has 2 amide bonds. The monoisotopic (exact) mass is 1500 g/mol. The van der Waals surface area contributed by atoms with Gasteiger partial charge < -0.3 is 55.2 Å². The first-order valence-electron chi connectivity index (χ1n) is 42.5. The number of carboxylic acids is 2. The smallest absolute Gasteiger partial charge is 0.307 e. The van der Waals surface area contributed by atoms with Gasteiger partial charge in [-0.05, 0) is 230 Å². The van der Waals surface area contributed by atoms with E-state index >= 15 is 0 Å². The van der Waals surface area contributed by atoms with Gasteiger partial charge >= 0.3 is 23.9 Å². The van der Waals surface area contributed by atoms with Gasteiger partial charge in [0.25, 0.3) is 0 Å². The molecule has 602 valence electrons. The van der Waals surface area contributed by atoms with Gasteiger partial charge in [0.1, 0.15) is 17.0 Å². The maximum Gasteiger partial charge on any atom is 0.307 e. The molecule has 5 heterocycles. The van der Waals surface area contributed by atoms with E-state index in [0.717, 1.165) is 128 Å². The van der Waals surface area contributed by atoms with Gasteiger partial charge in [-0.25, -0.2) is 0 Å². The van der Waals surface area contributed by atoms with Crippen molar-refractivity contribution in [2.75, 3.05) is 79.0 Å². The summed E-state index contributed by atoms with van der Waals surface area (Å²) in [6, 6.07) is 32.6. The molecule has 108 heavy (non-hydrogen) atoms. The van der Waals surface area contributed by atoms with Gasteiger partial charge in [-0.1, -0.05) is 169 Å². The summed E-state index contributed by atoms with van der Waals surface area (Å²) < 4.78 is 10.2. The molecule has 0 aromatic heterocycles. The molecule has 4 saturated carbocycles. The molecule has 3 aromatic carbocycles. The van der Waals surface area contributed by atoms with Gasteiger partial charge in [0.15, 0.2) is 0 Å². The van der Waals surface area contributed by atoms with Crippen LogP contribution in [-0.2, 0) is 62.3 Å². The van der Waals surface area contributed by atoms with Crippen molar-refractivity contribution in [1.29, 1.82) is 0 Å². The van der Waals surface area contributed by atoms with Crippen LogP contribution in [0.2, 0.25) is 0 Å². The summed E-state index contributed by atoms with van der Waals surface area (Å²) >= 11 is 0. The summed E-state index contributed by atoms with van der Waals surface area (Å²) in [5.74, 6) is 0.885. The number of hydrogen-bond donors (Lipinski definition) is 4. The number of carbonyl (C=O) groups excluding carboxylic acids is 5. The number of piperidine rings is 3. The Balaban J connectivity index is 0.000000177. The van der Waals surface area contributed by atoms with Crippen LogP contribution in [0.15, 0.2) is 91.0 Å². The molecule has 11 atom stereocenters. The van der Waals surface area contributed by atoms with Crippen LogP contribution in [-0.4, -0.2) is 191 Å². The molecule has 3 aromatic rings. The number of likely N-dealkylation sites (N-methyl/N-ethyl adjacent to an activating group) is 1. The molecule has 5 aliphatic heterocycles. The lowest BCUT2D eigenvalue weighted by Crippen LogP contribution is -2.55. The van der Waals surface area contributed by atoms with Crippen molar-refractivity contribution in [1.82, 2.24) is 29.8 Å². The van der Waals surface area contributed by atoms with Crippen molar-refractivity contribution in [3.63, 3.8) is 0 Å². The third-order valence-corrected chi connectivity index (χ3v) is 25.2. The lowest BCUT2D eigenvalue weighted by Gasteiger charge is -2.40. The van der Waals surface area contributed by atoms with Gasteiger partial charge in [0.2, 0.25) is 11.8 Å². The predicted octanol–water partition coefficient (Wildman–Crippen LogP) is 14.8. The van der Waals surface area contributed by atoms with Crippen molar-refractivity contribution >= 4 is 41.5 Å². The average molecular weight is 1500 g/mol. The number of Topliss-reactive ketones (excluding diaryl/α,β-unsaturated/α-hetero) is 1. The molecule has 0 bridgehead atoms. The minimum Gasteiger partial charge on any atom is -0.481 e. The van der Waals surface area contributed by atoms with Crippen molar-refractivity contribution in [3.05, 3.63) is 108 Å². The van der Waals surface area contributed by atoms with E-state index in [-0.39, 0.29) is 54.4 Å². The first-order chi connectivity index (χ1) is 51.7. The van der Waals surface area contributed by atoms with Crippen LogP contribution in [0.5, 0.6) is 0 Å². The van der Waals surface area contributed by atoms with Crippen LogP contribution in [0.25, 0.3) is 0 Å². The number of rotatable bonds is 24. The Kier molecular flexibility index (Phi) is 35.9. The fourth-order valence-electron chi connectivity index (χ4n) is 18.8. The predicted molar refractivity (Wildman–Crippen MR) is 430 cm³/mol. The number of hydrogen-bond acceptors (Lipinski definition) is 14. The Morgan fingerprint density at radius 1 is 0.435 bits per heavy atom. The maximum atomic E-state index is 14.0. The summed E-state index contributed by atoms with van der Waals surface area (Å²) in [7, 11) is 1.83. The fourth-order valence-corrected chi connectivity index (χ4v) is 18.8. The number of carbonyl (C=O) groups is 7. The molecular formula is C90H141N7O11. The number of benzene rings is 3. The molecule has 12 rings (SSSR count). The van der Waals surface area contributed by atoms with Gasteiger partial charge in [0, 0.05) is 76.8 Å². The normalized spacial score (nSPS) is 24.4. The highest BCUT2D eigenvalue weighted by molar-refractivity contribution is 5.90. The van der Waals surface area contributed by atoms with E-state index in [1.807, 2.05) is 14.0 Å². The summed E-state index contributed by atoms with van der Waals surface area (Å²) in [6.07, 6.45) is 31.4. The lowest BCUT2D eigenvalue weighted by atomic mass is 9.76. The van der Waals surface area contributed by atoms with E-state index in [9.17, 15) is 38.7 Å². The molecule has 9 aliphatic rings. The largest absolute Gasteiger partial charge is 0.481 e. The summed E-state index contributed by atoms with van der Waals surface area (Å²) in [4.78, 5) is 96.7. The maximum absolute atomic E-state index is 14.0. The van der Waals surface area contributed by atoms with Crippen LogP contribution < -0.4 is 11.1 Å². The zero-order valence-electron chi connectivity index (χ0n) is 67.9. The molecule has 0 unspecified atom stereocenters. The topological polar surface area (TPSA) is 233 Å². The Morgan fingerprint density at radius 3 is 1.23 bits per heavy atom. The zero-order valence-corrected chi connectivity index (χ0v) is 67.9. The number of carboxylic acid groups (broad SMARTS) is 2. The van der Waals surface area contributed by atoms with Crippen LogP contribution in [0.1, 0.15) is 239 Å². The van der Waals surface area contributed by atoms with Crippen molar-refractivity contribution < 1.29 is 53.2 Å². The number of likely N-dealkylation sites (tertiary alicyclic amines) is 5. The number of fused-ring (bicyclic) bond motifs is 3. The lowest BCUT2D eigenvalue weighted by molar-refractivity contribution is -0.161. The number of aliphatic carboxylic acids is 2. The van der Waals surface area contributed by atoms with E-state index < -0.39 is 46.9 Å². The van der Waals surface area contributed by atoms with Gasteiger partial charge in [-0.15, -0.1) is 0 Å². The Hall–Kier alpha value is -6.05. The quantitative estimate of drug-likeness (QED) is 0.0611. The Bertz CT molecular complexity index is 3180. The number of nitrogens with two attached hydrogens (primary N) is 1. The fraction of sp³-hybridized carbons (Fsp3) is 0.722. The number of nitrogens with one attached hydrogen (secondary N) is 1. The minimum absolute atomic E-state index is 0.00271. The second-order valence-corrected chi connectivity index (χ2v) is 35.5. The van der Waals surface area contributed by atoms with Crippen LogP contribution in [0.3, 0.4) is 0 Å². The van der Waals surface area contributed by atoms with E-state index in [1.54, 1.807) is 41.5 Å². The number of nitrogens with zero attached hydrogens (tertiary/aromatic N) is 5. The van der Waals surface area contributed by atoms with Gasteiger partial charge in [-0.2, -0.15) is 0 Å². The number of ether oxygens (including phenoxy) is 2. The highest BCUT2D eigenvalue weighted by atomic mass is 16.6. The van der Waals surface area contributed by atoms with E-state index in [2.05, 4.69) is 121 Å². The molecule has 18 nitrogen and oxygen atoms in total. The van der Waals surface area contributed by atoms with Crippen molar-refractivity contribution in [3.8, 4) is 0 Å². The third-order valence-electron chi connectivity index (χ3n) is 25.2. The molecular weight excluding hydrogens is 1360 g/mol. The highest BCUT2D eigenvalue weighted by Crippen LogP contribution is 2.41. The number of amides is 2. The summed E-state index contributed by atoms with van der Waals surface area (Å²) in [5, 5.41) is 20.9. The van der Waals surface area contributed by atoms with Crippen molar-refractivity contribution in [2.45, 2.75) is 277 Å². The van der Waals surface area contributed by atoms with E-state index in [4.69, 9.17) is 20.3 Å². The third kappa shape index (κ3) is 28.9. The second kappa shape index (κ2) is 44.3. The standard InChI is InChI=1S/C28H43N3O2.C23H35N3O.C16H23N.C14H24O4.C9H16O4/c1-21(29-2)27(32)19-25(23-11-7-4-8-12-23)28(33)31-18-15-24-14-17-30(20-26(24)31)16-13-22-9-5-3-6-10-22;24-22(20-9-5-2-6-10-20)23(27)26-16-13-19-12-15-25(17-21(19)26)14-11-18-7-3-1-4-8-18;1-2-5-14(6-3-1)9-11-17-12-10-15-7-4-8-16(15)13-17;1-14(2,3)18-12(15)9-11(13(16)17)10-7-5-4-6-8-10;1-6(8(11)12)5-7(10)13-9(2,3)4/h3,5-6,9-10,21,23-26,29H,4,7-8,11-20H2,1-2H3;1,3-4,7-8,19-22H,2,5-6,9-17,24H2;1-3,5-6,15-16H,4,7-13H2;10-11H,4-9H2,1-3H3,(H,16,17);6H,5H2,1-4H3,(H,11,12)/t21-,24+,25-,26+;19-,21-,22+;15-,16+;11-;6-/m01001/s1. The molecule has 5 saturated heterocycles. The minimum atomic E-state index is -0.981. The first kappa shape index (κ1) is 87.5. The van der Waals surface area contributed by atoms with E-state index in [0.29, 0.717) is 42.2 Å². The molecule has 5 N–H and O–H groups in total. The Labute approximate surface area is 649 Å². The van der Waals surface area contributed by atoms with Crippen LogP contribution >= 0.6 is 0 Å².